The van der Waals surface area contributed by atoms with E-state index >= 15 is 0 Å². The topological polar surface area (TPSA) is 47.4 Å². The lowest BCUT2D eigenvalue weighted by Gasteiger charge is -2.43. The van der Waals surface area contributed by atoms with E-state index in [4.69, 9.17) is 9.84 Å². The maximum Gasteiger partial charge on any atom is 0.274 e. The number of likely N-dealkylation sites (tertiary alicyclic amines) is 1. The first kappa shape index (κ1) is 18.3. The number of carbonyl (C=O) groups excluding carboxylic acids is 1. The summed E-state index contributed by atoms with van der Waals surface area (Å²) in [4.78, 5) is 15.0. The molecule has 2 aromatic carbocycles. The van der Waals surface area contributed by atoms with Gasteiger partial charge in [0, 0.05) is 18.2 Å². The van der Waals surface area contributed by atoms with Crippen molar-refractivity contribution in [3.05, 3.63) is 66.4 Å². The number of hydrogen-bond acceptors (Lipinski definition) is 3. The Labute approximate surface area is 165 Å². The van der Waals surface area contributed by atoms with Gasteiger partial charge in [0.2, 0.25) is 0 Å². The van der Waals surface area contributed by atoms with E-state index in [1.54, 1.807) is 7.11 Å². The van der Waals surface area contributed by atoms with Crippen molar-refractivity contribution in [2.75, 3.05) is 13.7 Å². The summed E-state index contributed by atoms with van der Waals surface area (Å²) in [7, 11) is 1.65. The Morgan fingerprint density at radius 3 is 2.39 bits per heavy atom. The molecular weight excluding hydrogens is 350 g/mol. The molecule has 0 saturated carbocycles. The predicted molar refractivity (Wildman–Crippen MR) is 110 cm³/mol. The maximum absolute atomic E-state index is 13.1. The third kappa shape index (κ3) is 3.28. The van der Waals surface area contributed by atoms with Crippen molar-refractivity contribution in [1.82, 2.24) is 14.7 Å². The smallest absolute Gasteiger partial charge is 0.274 e. The van der Waals surface area contributed by atoms with E-state index in [0.29, 0.717) is 17.7 Å². The van der Waals surface area contributed by atoms with Crippen LogP contribution in [0.3, 0.4) is 0 Å². The number of hydrogen-bond donors (Lipinski definition) is 0. The van der Waals surface area contributed by atoms with Crippen molar-refractivity contribution in [3.63, 3.8) is 0 Å². The molecule has 1 aliphatic heterocycles. The molecule has 3 aromatic rings. The van der Waals surface area contributed by atoms with Gasteiger partial charge in [-0.3, -0.25) is 4.79 Å². The molecule has 2 heterocycles. The minimum Gasteiger partial charge on any atom is -0.497 e. The van der Waals surface area contributed by atoms with Crippen LogP contribution in [0, 0.1) is 5.92 Å². The molecule has 1 aliphatic rings. The van der Waals surface area contributed by atoms with Crippen molar-refractivity contribution in [2.45, 2.75) is 26.3 Å². The zero-order chi connectivity index (χ0) is 19.7. The predicted octanol–water partition coefficient (Wildman–Crippen LogP) is 4.42. The first-order valence-electron chi connectivity index (χ1n) is 9.69. The normalized spacial score (nSPS) is 16.1. The zero-order valence-corrected chi connectivity index (χ0v) is 16.5. The molecule has 0 N–H and O–H groups in total. The Hall–Kier alpha value is -3.08. The number of methoxy groups -OCH3 is 1. The third-order valence-electron chi connectivity index (χ3n) is 5.41. The highest BCUT2D eigenvalue weighted by Gasteiger charge is 2.36. The quantitative estimate of drug-likeness (QED) is 0.663. The summed E-state index contributed by atoms with van der Waals surface area (Å²) in [5, 5.41) is 4.69. The van der Waals surface area contributed by atoms with Crippen molar-refractivity contribution in [1.29, 1.82) is 0 Å². The van der Waals surface area contributed by atoms with Crippen LogP contribution >= 0.6 is 0 Å². The molecule has 0 spiro atoms. The van der Waals surface area contributed by atoms with Crippen LogP contribution < -0.4 is 4.74 Å². The number of aromatic nitrogens is 2. The number of carbonyl (C=O) groups is 1. The minimum absolute atomic E-state index is 0.00870. The Morgan fingerprint density at radius 2 is 1.82 bits per heavy atom. The standard InChI is InChI=1S/C23H25N3O2/c1-16(2)21-13-14-25(21)23(27)20-15-22(17-9-11-19(28-3)12-10-17)26(24-20)18-7-5-4-6-8-18/h4-12,15-16,21H,13-14H2,1-3H3. The number of ether oxygens (including phenoxy) is 1. The van der Waals surface area contributed by atoms with Crippen molar-refractivity contribution in [2.24, 2.45) is 5.92 Å². The highest BCUT2D eigenvalue weighted by atomic mass is 16.5. The minimum atomic E-state index is 0.00870. The van der Waals surface area contributed by atoms with Crippen LogP contribution in [-0.4, -0.2) is 40.3 Å². The van der Waals surface area contributed by atoms with Gasteiger partial charge in [0.05, 0.1) is 18.5 Å². The van der Waals surface area contributed by atoms with Gasteiger partial charge < -0.3 is 9.64 Å². The second kappa shape index (κ2) is 7.50. The number of rotatable bonds is 5. The second-order valence-corrected chi connectivity index (χ2v) is 7.49. The molecule has 5 nitrogen and oxygen atoms in total. The molecule has 5 heteroatoms. The molecule has 1 atom stereocenters. The first-order chi connectivity index (χ1) is 13.6. The fourth-order valence-corrected chi connectivity index (χ4v) is 3.72. The third-order valence-corrected chi connectivity index (χ3v) is 5.41. The van der Waals surface area contributed by atoms with Crippen molar-refractivity contribution in [3.8, 4) is 22.7 Å². The van der Waals surface area contributed by atoms with Crippen LogP contribution in [0.5, 0.6) is 5.75 Å². The highest BCUT2D eigenvalue weighted by Crippen LogP contribution is 2.30. The van der Waals surface area contributed by atoms with Gasteiger partial charge in [0.1, 0.15) is 5.75 Å². The van der Waals surface area contributed by atoms with Gasteiger partial charge in [0.15, 0.2) is 5.69 Å². The molecule has 0 aliphatic carbocycles. The van der Waals surface area contributed by atoms with Crippen LogP contribution in [0.25, 0.3) is 16.9 Å². The summed E-state index contributed by atoms with van der Waals surface area (Å²) in [6, 6.07) is 19.9. The Morgan fingerprint density at radius 1 is 1.11 bits per heavy atom. The van der Waals surface area contributed by atoms with E-state index in [0.717, 1.165) is 35.7 Å². The van der Waals surface area contributed by atoms with E-state index in [1.165, 1.54) is 0 Å². The molecule has 1 unspecified atom stereocenters. The van der Waals surface area contributed by atoms with Gasteiger partial charge >= 0.3 is 0 Å². The molecular formula is C23H25N3O2. The SMILES string of the molecule is COc1ccc(-c2cc(C(=O)N3CCC3C(C)C)nn2-c2ccccc2)cc1. The average molecular weight is 375 g/mol. The molecule has 4 rings (SSSR count). The summed E-state index contributed by atoms with van der Waals surface area (Å²) in [5.74, 6) is 1.26. The summed E-state index contributed by atoms with van der Waals surface area (Å²) in [5.41, 5.74) is 3.29. The Kier molecular flexibility index (Phi) is 4.90. The summed E-state index contributed by atoms with van der Waals surface area (Å²) in [6.07, 6.45) is 1.06. The number of amides is 1. The summed E-state index contributed by atoms with van der Waals surface area (Å²) < 4.78 is 7.11. The van der Waals surface area contributed by atoms with Gasteiger partial charge in [-0.25, -0.2) is 4.68 Å². The molecule has 0 radical (unpaired) electrons. The molecule has 1 aromatic heterocycles. The molecule has 0 bridgehead atoms. The van der Waals surface area contributed by atoms with Crippen LogP contribution in [-0.2, 0) is 0 Å². The fourth-order valence-electron chi connectivity index (χ4n) is 3.72. The second-order valence-electron chi connectivity index (χ2n) is 7.49. The number of para-hydroxylation sites is 1. The lowest BCUT2D eigenvalue weighted by atomic mass is 9.91. The monoisotopic (exact) mass is 375 g/mol. The summed E-state index contributed by atoms with van der Waals surface area (Å²) >= 11 is 0. The maximum atomic E-state index is 13.1. The fraction of sp³-hybridized carbons (Fsp3) is 0.304. The van der Waals surface area contributed by atoms with E-state index in [-0.39, 0.29) is 5.91 Å². The zero-order valence-electron chi connectivity index (χ0n) is 16.5. The van der Waals surface area contributed by atoms with E-state index in [1.807, 2.05) is 70.2 Å². The highest BCUT2D eigenvalue weighted by molar-refractivity contribution is 5.94. The average Bonchev–Trinajstić information content (AvgIpc) is 3.13. The Balaban J connectivity index is 1.75. The van der Waals surface area contributed by atoms with E-state index in [9.17, 15) is 4.79 Å². The van der Waals surface area contributed by atoms with Gasteiger partial charge in [-0.1, -0.05) is 32.0 Å². The van der Waals surface area contributed by atoms with Gasteiger partial charge in [0.25, 0.3) is 5.91 Å². The lowest BCUT2D eigenvalue weighted by Crippen LogP contribution is -2.53. The molecule has 1 amide bonds. The van der Waals surface area contributed by atoms with Crippen LogP contribution in [0.4, 0.5) is 0 Å². The van der Waals surface area contributed by atoms with E-state index in [2.05, 4.69) is 13.8 Å². The first-order valence-corrected chi connectivity index (χ1v) is 9.69. The van der Waals surface area contributed by atoms with Crippen molar-refractivity contribution >= 4 is 5.91 Å². The molecule has 28 heavy (non-hydrogen) atoms. The molecule has 144 valence electrons. The van der Waals surface area contributed by atoms with Crippen LogP contribution in [0.1, 0.15) is 30.8 Å². The molecule has 1 saturated heterocycles. The largest absolute Gasteiger partial charge is 0.497 e. The number of benzene rings is 2. The van der Waals surface area contributed by atoms with E-state index < -0.39 is 0 Å². The van der Waals surface area contributed by atoms with Crippen LogP contribution in [0.2, 0.25) is 0 Å². The van der Waals surface area contributed by atoms with Crippen molar-refractivity contribution < 1.29 is 9.53 Å². The number of nitrogens with zero attached hydrogens (tertiary/aromatic N) is 3. The van der Waals surface area contributed by atoms with Gasteiger partial charge in [-0.15, -0.1) is 0 Å². The van der Waals surface area contributed by atoms with Crippen LogP contribution in [0.15, 0.2) is 60.7 Å². The van der Waals surface area contributed by atoms with Gasteiger partial charge in [-0.2, -0.15) is 5.10 Å². The van der Waals surface area contributed by atoms with Gasteiger partial charge in [-0.05, 0) is 54.8 Å². The lowest BCUT2D eigenvalue weighted by molar-refractivity contribution is 0.0341. The summed E-state index contributed by atoms with van der Waals surface area (Å²) in [6.45, 7) is 5.13. The Bertz CT molecular complexity index is 961. The molecule has 1 fully saturated rings.